The summed E-state index contributed by atoms with van der Waals surface area (Å²) in [5, 5.41) is 0. The second-order valence-corrected chi connectivity index (χ2v) is 5.64. The zero-order valence-corrected chi connectivity index (χ0v) is 11.0. The Bertz CT molecular complexity index is 669. The molecule has 1 aliphatic heterocycles. The van der Waals surface area contributed by atoms with E-state index in [1.54, 1.807) is 34.3 Å². The van der Waals surface area contributed by atoms with Gasteiger partial charge in [-0.15, -0.1) is 0 Å². The fraction of sp³-hybridized carbons (Fsp3) is 0.462. The molecule has 0 N–H and O–H groups in total. The van der Waals surface area contributed by atoms with Crippen molar-refractivity contribution < 1.29 is 13.2 Å². The SMILES string of the molecule is FC(F)(F)C12CC1CN(c1cc(-n3ccnc3)ncn1)C2. The Balaban J connectivity index is 1.61. The number of fused-ring (bicyclic) bond motifs is 1. The number of anilines is 1. The van der Waals surface area contributed by atoms with E-state index >= 15 is 0 Å². The standard InChI is InChI=1S/C13H12F3N5/c14-13(15,16)12-4-9(12)5-21(6-12)11-3-10(18-7-19-11)20-2-1-17-8-20/h1-3,7-9H,4-6H2. The molecule has 2 unspecified atom stereocenters. The second kappa shape index (κ2) is 3.96. The van der Waals surface area contributed by atoms with Gasteiger partial charge in [-0.1, -0.05) is 0 Å². The van der Waals surface area contributed by atoms with Gasteiger partial charge in [-0.25, -0.2) is 15.0 Å². The maximum absolute atomic E-state index is 13.1. The maximum Gasteiger partial charge on any atom is 0.396 e. The third kappa shape index (κ3) is 1.81. The largest absolute Gasteiger partial charge is 0.396 e. The summed E-state index contributed by atoms with van der Waals surface area (Å²) < 4.78 is 41.0. The molecule has 1 aliphatic carbocycles. The van der Waals surface area contributed by atoms with E-state index in [1.807, 2.05) is 0 Å². The highest BCUT2D eigenvalue weighted by Crippen LogP contribution is 2.66. The molecular weight excluding hydrogens is 283 g/mol. The van der Waals surface area contributed by atoms with Crippen molar-refractivity contribution in [1.29, 1.82) is 0 Å². The molecule has 0 bridgehead atoms. The Morgan fingerprint density at radius 1 is 1.24 bits per heavy atom. The minimum atomic E-state index is -4.13. The quantitative estimate of drug-likeness (QED) is 0.851. The highest BCUT2D eigenvalue weighted by atomic mass is 19.4. The summed E-state index contributed by atoms with van der Waals surface area (Å²) in [5.74, 6) is 0.827. The third-order valence-electron chi connectivity index (χ3n) is 4.44. The Morgan fingerprint density at radius 3 is 2.71 bits per heavy atom. The van der Waals surface area contributed by atoms with Gasteiger partial charge in [0.15, 0.2) is 0 Å². The lowest BCUT2D eigenvalue weighted by atomic mass is 10.1. The van der Waals surface area contributed by atoms with Gasteiger partial charge in [0, 0.05) is 31.5 Å². The second-order valence-electron chi connectivity index (χ2n) is 5.64. The smallest absolute Gasteiger partial charge is 0.355 e. The molecular formula is C13H12F3N5. The Hall–Kier alpha value is -2.12. The van der Waals surface area contributed by atoms with Gasteiger partial charge in [0.05, 0.1) is 5.41 Å². The predicted octanol–water partition coefficient (Wildman–Crippen LogP) is 2.05. The average molecular weight is 295 g/mol. The molecule has 5 nitrogen and oxygen atoms in total. The first-order valence-corrected chi connectivity index (χ1v) is 6.62. The van der Waals surface area contributed by atoms with E-state index in [4.69, 9.17) is 0 Å². The van der Waals surface area contributed by atoms with Gasteiger partial charge >= 0.3 is 6.18 Å². The highest BCUT2D eigenvalue weighted by molar-refractivity contribution is 5.47. The van der Waals surface area contributed by atoms with Gasteiger partial charge in [-0.05, 0) is 12.3 Å². The summed E-state index contributed by atoms with van der Waals surface area (Å²) >= 11 is 0. The molecule has 2 aromatic heterocycles. The Morgan fingerprint density at radius 2 is 2.05 bits per heavy atom. The number of imidazole rings is 1. The molecule has 2 aliphatic rings. The van der Waals surface area contributed by atoms with Crippen LogP contribution >= 0.6 is 0 Å². The fourth-order valence-corrected chi connectivity index (χ4v) is 3.14. The van der Waals surface area contributed by atoms with Gasteiger partial charge < -0.3 is 4.90 Å². The van der Waals surface area contributed by atoms with E-state index in [0.717, 1.165) is 0 Å². The van der Waals surface area contributed by atoms with E-state index in [-0.39, 0.29) is 18.9 Å². The first kappa shape index (κ1) is 12.6. The van der Waals surface area contributed by atoms with Crippen molar-refractivity contribution in [2.24, 2.45) is 11.3 Å². The van der Waals surface area contributed by atoms with Crippen molar-refractivity contribution in [3.63, 3.8) is 0 Å². The van der Waals surface area contributed by atoms with E-state index < -0.39 is 11.6 Å². The number of nitrogens with zero attached hydrogens (tertiary/aromatic N) is 5. The number of alkyl halides is 3. The number of rotatable bonds is 2. The molecule has 1 saturated heterocycles. The molecule has 2 fully saturated rings. The monoisotopic (exact) mass is 295 g/mol. The van der Waals surface area contributed by atoms with Gasteiger partial charge in [-0.3, -0.25) is 4.57 Å². The lowest BCUT2D eigenvalue weighted by Crippen LogP contribution is -2.33. The average Bonchev–Trinajstić information content (AvgIpc) is 2.86. The Kier molecular flexibility index (Phi) is 2.38. The molecule has 0 aromatic carbocycles. The first-order chi connectivity index (χ1) is 9.99. The number of halogens is 3. The topological polar surface area (TPSA) is 46.8 Å². The van der Waals surface area contributed by atoms with E-state index in [1.165, 1.54) is 6.33 Å². The van der Waals surface area contributed by atoms with Crippen molar-refractivity contribution in [2.75, 3.05) is 18.0 Å². The lowest BCUT2D eigenvalue weighted by Gasteiger charge is -2.23. The number of hydrogen-bond donors (Lipinski definition) is 0. The maximum atomic E-state index is 13.1. The van der Waals surface area contributed by atoms with Gasteiger partial charge in [-0.2, -0.15) is 13.2 Å². The van der Waals surface area contributed by atoms with Crippen molar-refractivity contribution >= 4 is 5.82 Å². The van der Waals surface area contributed by atoms with Gasteiger partial charge in [0.2, 0.25) is 0 Å². The summed E-state index contributed by atoms with van der Waals surface area (Å²) in [6.07, 6.45) is 2.41. The molecule has 2 atom stereocenters. The zero-order valence-electron chi connectivity index (χ0n) is 11.0. The van der Waals surface area contributed by atoms with E-state index in [2.05, 4.69) is 15.0 Å². The minimum absolute atomic E-state index is 0.0124. The van der Waals surface area contributed by atoms with Crippen LogP contribution in [0.2, 0.25) is 0 Å². The normalized spacial score (nSPS) is 27.8. The molecule has 2 aromatic rings. The van der Waals surface area contributed by atoms with E-state index in [9.17, 15) is 13.2 Å². The van der Waals surface area contributed by atoms with Crippen molar-refractivity contribution in [3.05, 3.63) is 31.1 Å². The molecule has 21 heavy (non-hydrogen) atoms. The summed E-state index contributed by atoms with van der Waals surface area (Å²) in [5.41, 5.74) is -1.52. The van der Waals surface area contributed by atoms with Crippen LogP contribution in [0.4, 0.5) is 19.0 Å². The summed E-state index contributed by atoms with van der Waals surface area (Å²) in [7, 11) is 0. The molecule has 0 radical (unpaired) electrons. The zero-order chi connectivity index (χ0) is 14.7. The van der Waals surface area contributed by atoms with Crippen molar-refractivity contribution in [1.82, 2.24) is 19.5 Å². The van der Waals surface area contributed by atoms with Crippen LogP contribution in [0.25, 0.3) is 5.82 Å². The van der Waals surface area contributed by atoms with Crippen LogP contribution in [-0.4, -0.2) is 38.8 Å². The van der Waals surface area contributed by atoms with Crippen molar-refractivity contribution in [2.45, 2.75) is 12.6 Å². The third-order valence-corrected chi connectivity index (χ3v) is 4.44. The fourth-order valence-electron chi connectivity index (χ4n) is 3.14. The molecule has 0 spiro atoms. The number of hydrogen-bond acceptors (Lipinski definition) is 4. The van der Waals surface area contributed by atoms with Crippen LogP contribution in [0.1, 0.15) is 6.42 Å². The predicted molar refractivity (Wildman–Crippen MR) is 68.0 cm³/mol. The summed E-state index contributed by atoms with van der Waals surface area (Å²) in [6, 6.07) is 1.69. The molecule has 1 saturated carbocycles. The molecule has 0 amide bonds. The first-order valence-electron chi connectivity index (χ1n) is 6.62. The van der Waals surface area contributed by atoms with Crippen LogP contribution in [0.15, 0.2) is 31.1 Å². The number of piperidine rings is 1. The minimum Gasteiger partial charge on any atom is -0.355 e. The van der Waals surface area contributed by atoms with Crippen LogP contribution in [0.5, 0.6) is 0 Å². The lowest BCUT2D eigenvalue weighted by molar-refractivity contribution is -0.184. The molecule has 4 rings (SSSR count). The molecule has 3 heterocycles. The molecule has 8 heteroatoms. The van der Waals surface area contributed by atoms with E-state index in [0.29, 0.717) is 18.2 Å². The van der Waals surface area contributed by atoms with Crippen LogP contribution < -0.4 is 4.90 Å². The number of aromatic nitrogens is 4. The Labute approximate surface area is 118 Å². The van der Waals surface area contributed by atoms with Gasteiger partial charge in [0.1, 0.15) is 24.3 Å². The van der Waals surface area contributed by atoms with Crippen LogP contribution in [0, 0.1) is 11.3 Å². The van der Waals surface area contributed by atoms with Crippen LogP contribution in [-0.2, 0) is 0 Å². The highest BCUT2D eigenvalue weighted by Gasteiger charge is 2.74. The summed E-state index contributed by atoms with van der Waals surface area (Å²) in [6.45, 7) is 0.390. The van der Waals surface area contributed by atoms with Gasteiger partial charge in [0.25, 0.3) is 0 Å². The van der Waals surface area contributed by atoms with Crippen LogP contribution in [0.3, 0.4) is 0 Å². The molecule has 110 valence electrons. The summed E-state index contributed by atoms with van der Waals surface area (Å²) in [4.78, 5) is 13.9. The van der Waals surface area contributed by atoms with Crippen molar-refractivity contribution in [3.8, 4) is 5.82 Å².